The zero-order chi connectivity index (χ0) is 13.7. The van der Waals surface area contributed by atoms with Gasteiger partial charge in [0.05, 0.1) is 13.5 Å². The van der Waals surface area contributed by atoms with E-state index < -0.39 is 18.1 Å². The molecule has 18 heavy (non-hydrogen) atoms. The molecule has 0 unspecified atom stereocenters. The molecule has 1 aromatic heterocycles. The smallest absolute Gasteiger partial charge is 0.309 e. The lowest BCUT2D eigenvalue weighted by atomic mass is 10.0. The number of pyridine rings is 1. The molecule has 4 nitrogen and oxygen atoms in total. The van der Waals surface area contributed by atoms with E-state index in [-0.39, 0.29) is 29.1 Å². The standard InChI is InChI=1S/C11H9ClF2N2O2/c1-18-9(17)3-6-2-7(5-15)16-10(11(13)14)8(6)4-12/h2,11H,3-4H2,1H3. The first-order valence-corrected chi connectivity index (χ1v) is 5.40. The maximum Gasteiger partial charge on any atom is 0.309 e. The van der Waals surface area contributed by atoms with Crippen LogP contribution in [0.1, 0.15) is 28.9 Å². The van der Waals surface area contributed by atoms with E-state index in [1.807, 2.05) is 0 Å². The van der Waals surface area contributed by atoms with E-state index in [0.29, 0.717) is 0 Å². The quantitative estimate of drug-likeness (QED) is 0.624. The SMILES string of the molecule is COC(=O)Cc1cc(C#N)nc(C(F)F)c1CCl. The van der Waals surface area contributed by atoms with Crippen LogP contribution < -0.4 is 0 Å². The van der Waals surface area contributed by atoms with E-state index in [2.05, 4.69) is 9.72 Å². The number of alkyl halides is 3. The maximum absolute atomic E-state index is 12.8. The van der Waals surface area contributed by atoms with Gasteiger partial charge in [-0.15, -0.1) is 11.6 Å². The van der Waals surface area contributed by atoms with Crippen LogP contribution in [-0.2, 0) is 21.8 Å². The lowest BCUT2D eigenvalue weighted by Gasteiger charge is -2.11. The number of carbonyl (C=O) groups is 1. The van der Waals surface area contributed by atoms with Gasteiger partial charge in [0.15, 0.2) is 0 Å². The van der Waals surface area contributed by atoms with Gasteiger partial charge in [-0.3, -0.25) is 4.79 Å². The number of hydrogen-bond acceptors (Lipinski definition) is 4. The average Bonchev–Trinajstić information content (AvgIpc) is 2.37. The second-order valence-corrected chi connectivity index (χ2v) is 3.60. The number of ether oxygens (including phenoxy) is 1. The van der Waals surface area contributed by atoms with Crippen LogP contribution in [-0.4, -0.2) is 18.1 Å². The fourth-order valence-corrected chi connectivity index (χ4v) is 1.73. The first kappa shape index (κ1) is 14.3. The molecule has 0 saturated carbocycles. The van der Waals surface area contributed by atoms with Crippen molar-refractivity contribution < 1.29 is 18.3 Å². The molecule has 0 radical (unpaired) electrons. The van der Waals surface area contributed by atoms with Crippen molar-refractivity contribution in [2.75, 3.05) is 7.11 Å². The number of aromatic nitrogens is 1. The molecule has 1 aromatic rings. The Balaban J connectivity index is 3.34. The predicted molar refractivity (Wildman–Crippen MR) is 59.2 cm³/mol. The van der Waals surface area contributed by atoms with E-state index in [0.717, 1.165) is 0 Å². The number of hydrogen-bond donors (Lipinski definition) is 0. The molecule has 1 rings (SSSR count). The topological polar surface area (TPSA) is 63.0 Å². The summed E-state index contributed by atoms with van der Waals surface area (Å²) in [5.74, 6) is -0.818. The van der Waals surface area contributed by atoms with Gasteiger partial charge >= 0.3 is 5.97 Å². The molecule has 0 N–H and O–H groups in total. The highest BCUT2D eigenvalue weighted by Gasteiger charge is 2.20. The molecule has 0 aliphatic heterocycles. The number of carbonyl (C=O) groups excluding carboxylic acids is 1. The molecule has 0 amide bonds. The van der Waals surface area contributed by atoms with Gasteiger partial charge < -0.3 is 4.74 Å². The Kier molecular flexibility index (Phi) is 4.98. The van der Waals surface area contributed by atoms with Gasteiger partial charge in [-0.1, -0.05) is 0 Å². The van der Waals surface area contributed by atoms with Crippen LogP contribution in [0.4, 0.5) is 8.78 Å². The highest BCUT2D eigenvalue weighted by atomic mass is 35.5. The number of halogens is 3. The normalized spacial score (nSPS) is 10.2. The molecule has 0 aromatic carbocycles. The van der Waals surface area contributed by atoms with Gasteiger partial charge in [0.1, 0.15) is 17.5 Å². The summed E-state index contributed by atoms with van der Waals surface area (Å²) in [7, 11) is 1.18. The van der Waals surface area contributed by atoms with E-state index in [9.17, 15) is 13.6 Å². The predicted octanol–water partition coefficient (Wildman–Crippen LogP) is 2.35. The third kappa shape index (κ3) is 3.14. The molecule has 0 saturated heterocycles. The minimum absolute atomic E-state index is 0.0658. The maximum atomic E-state index is 12.8. The summed E-state index contributed by atoms with van der Waals surface area (Å²) in [6.45, 7) is 0. The highest BCUT2D eigenvalue weighted by Crippen LogP contribution is 2.26. The van der Waals surface area contributed by atoms with Crippen molar-refractivity contribution in [2.45, 2.75) is 18.7 Å². The van der Waals surface area contributed by atoms with E-state index in [1.54, 1.807) is 6.07 Å². The highest BCUT2D eigenvalue weighted by molar-refractivity contribution is 6.17. The number of methoxy groups -OCH3 is 1. The zero-order valence-corrected chi connectivity index (χ0v) is 10.2. The molecule has 96 valence electrons. The van der Waals surface area contributed by atoms with Crippen molar-refractivity contribution in [3.8, 4) is 6.07 Å². The van der Waals surface area contributed by atoms with Gasteiger partial charge in [0, 0.05) is 5.88 Å². The first-order valence-electron chi connectivity index (χ1n) is 4.87. The Bertz CT molecular complexity index is 501. The minimum Gasteiger partial charge on any atom is -0.469 e. The van der Waals surface area contributed by atoms with Gasteiger partial charge in [-0.05, 0) is 17.2 Å². The number of esters is 1. The van der Waals surface area contributed by atoms with Crippen molar-refractivity contribution in [1.82, 2.24) is 4.98 Å². The van der Waals surface area contributed by atoms with Crippen LogP contribution in [0.25, 0.3) is 0 Å². The van der Waals surface area contributed by atoms with Crippen molar-refractivity contribution in [2.24, 2.45) is 0 Å². The van der Waals surface area contributed by atoms with Crippen molar-refractivity contribution in [3.05, 3.63) is 28.6 Å². The van der Waals surface area contributed by atoms with E-state index in [4.69, 9.17) is 16.9 Å². The largest absolute Gasteiger partial charge is 0.469 e. The van der Waals surface area contributed by atoms with Crippen LogP contribution >= 0.6 is 11.6 Å². The number of nitriles is 1. The zero-order valence-electron chi connectivity index (χ0n) is 9.41. The fraction of sp³-hybridized carbons (Fsp3) is 0.364. The summed E-state index contributed by atoms with van der Waals surface area (Å²) < 4.78 is 30.0. The molecule has 0 spiro atoms. The van der Waals surface area contributed by atoms with Crippen LogP contribution in [0, 0.1) is 11.3 Å². The minimum atomic E-state index is -2.86. The molecule has 1 heterocycles. The van der Waals surface area contributed by atoms with Crippen molar-refractivity contribution in [3.63, 3.8) is 0 Å². The summed E-state index contributed by atoms with van der Waals surface area (Å²) in [4.78, 5) is 14.7. The third-order valence-corrected chi connectivity index (χ3v) is 2.53. The van der Waals surface area contributed by atoms with Crippen LogP contribution in [0.5, 0.6) is 0 Å². The summed E-state index contributed by atoms with van der Waals surface area (Å²) in [6, 6.07) is 2.93. The summed E-state index contributed by atoms with van der Waals surface area (Å²) in [6.07, 6.45) is -3.08. The van der Waals surface area contributed by atoms with Crippen LogP contribution in [0.3, 0.4) is 0 Å². The Morgan fingerprint density at radius 3 is 2.78 bits per heavy atom. The molecule has 0 bridgehead atoms. The summed E-state index contributed by atoms with van der Waals surface area (Å²) in [5, 5.41) is 8.72. The monoisotopic (exact) mass is 274 g/mol. The molecule has 0 aliphatic rings. The first-order chi connectivity index (χ1) is 8.53. The van der Waals surface area contributed by atoms with E-state index in [1.165, 1.54) is 13.2 Å². The fourth-order valence-electron chi connectivity index (χ4n) is 1.42. The number of nitrogens with zero attached hydrogens (tertiary/aromatic N) is 2. The number of rotatable bonds is 4. The molecule has 0 fully saturated rings. The Morgan fingerprint density at radius 2 is 2.33 bits per heavy atom. The second kappa shape index (κ2) is 6.26. The van der Waals surface area contributed by atoms with Crippen LogP contribution in [0.2, 0.25) is 0 Å². The third-order valence-electron chi connectivity index (χ3n) is 2.27. The second-order valence-electron chi connectivity index (χ2n) is 3.33. The van der Waals surface area contributed by atoms with Crippen molar-refractivity contribution in [1.29, 1.82) is 5.26 Å². The van der Waals surface area contributed by atoms with Crippen molar-refractivity contribution >= 4 is 17.6 Å². The Morgan fingerprint density at radius 1 is 1.67 bits per heavy atom. The Labute approximate surface area is 107 Å². The molecule has 7 heteroatoms. The van der Waals surface area contributed by atoms with Gasteiger partial charge in [-0.25, -0.2) is 13.8 Å². The lowest BCUT2D eigenvalue weighted by Crippen LogP contribution is -2.10. The average molecular weight is 275 g/mol. The molecular weight excluding hydrogens is 266 g/mol. The molecular formula is C11H9ClF2N2O2. The molecule has 0 atom stereocenters. The summed E-state index contributed by atoms with van der Waals surface area (Å²) in [5.41, 5.74) is -0.448. The van der Waals surface area contributed by atoms with E-state index >= 15 is 0 Å². The van der Waals surface area contributed by atoms with Gasteiger partial charge in [0.2, 0.25) is 0 Å². The van der Waals surface area contributed by atoms with Gasteiger partial charge in [0.25, 0.3) is 6.43 Å². The van der Waals surface area contributed by atoms with Gasteiger partial charge in [-0.2, -0.15) is 5.26 Å². The lowest BCUT2D eigenvalue weighted by molar-refractivity contribution is -0.139. The summed E-state index contributed by atoms with van der Waals surface area (Å²) >= 11 is 5.60. The Hall–Kier alpha value is -1.74. The molecule has 0 aliphatic carbocycles. The van der Waals surface area contributed by atoms with Crippen LogP contribution in [0.15, 0.2) is 6.07 Å².